The third-order valence-corrected chi connectivity index (χ3v) is 2.62. The number of nitrogens with zero attached hydrogens (tertiary/aromatic N) is 2. The van der Waals surface area contributed by atoms with Crippen LogP contribution in [-0.2, 0) is 6.42 Å². The van der Waals surface area contributed by atoms with Crippen LogP contribution in [0.3, 0.4) is 0 Å². The van der Waals surface area contributed by atoms with E-state index in [4.69, 9.17) is 0 Å². The summed E-state index contributed by atoms with van der Waals surface area (Å²) in [7, 11) is 0. The summed E-state index contributed by atoms with van der Waals surface area (Å²) in [5.41, 5.74) is 0. The minimum absolute atomic E-state index is 0.149. The second kappa shape index (κ2) is 2.90. The monoisotopic (exact) mass is 166 g/mol. The Morgan fingerprint density at radius 1 is 1.67 bits per heavy atom. The van der Waals surface area contributed by atoms with Crippen LogP contribution < -0.4 is 0 Å². The van der Waals surface area contributed by atoms with Crippen LogP contribution in [0.2, 0.25) is 0 Å². The lowest BCUT2D eigenvalue weighted by Gasteiger charge is -2.34. The molecule has 3 heteroatoms. The maximum atomic E-state index is 9.45. The van der Waals surface area contributed by atoms with Crippen molar-refractivity contribution < 1.29 is 5.11 Å². The SMILES string of the molecule is CCc1nccn1[C@@H]1CC[C@H]1O. The predicted molar refractivity (Wildman–Crippen MR) is 45.9 cm³/mol. The molecule has 2 atom stereocenters. The van der Waals surface area contributed by atoms with Gasteiger partial charge >= 0.3 is 0 Å². The van der Waals surface area contributed by atoms with Gasteiger partial charge in [0.2, 0.25) is 0 Å². The summed E-state index contributed by atoms with van der Waals surface area (Å²) in [4.78, 5) is 4.22. The van der Waals surface area contributed by atoms with Gasteiger partial charge in [0.05, 0.1) is 12.1 Å². The molecule has 66 valence electrons. The maximum Gasteiger partial charge on any atom is 0.108 e. The Morgan fingerprint density at radius 3 is 3.00 bits per heavy atom. The van der Waals surface area contributed by atoms with Crippen molar-refractivity contribution in [3.63, 3.8) is 0 Å². The van der Waals surface area contributed by atoms with Crippen molar-refractivity contribution in [1.29, 1.82) is 0 Å². The van der Waals surface area contributed by atoms with Crippen LogP contribution in [0, 0.1) is 0 Å². The first-order valence-electron chi connectivity index (χ1n) is 4.52. The molecule has 0 spiro atoms. The van der Waals surface area contributed by atoms with Crippen molar-refractivity contribution in [3.8, 4) is 0 Å². The van der Waals surface area contributed by atoms with Gasteiger partial charge in [-0.3, -0.25) is 0 Å². The number of hydrogen-bond donors (Lipinski definition) is 1. The van der Waals surface area contributed by atoms with E-state index >= 15 is 0 Å². The van der Waals surface area contributed by atoms with Crippen LogP contribution in [-0.4, -0.2) is 20.8 Å². The van der Waals surface area contributed by atoms with E-state index in [0.717, 1.165) is 25.1 Å². The van der Waals surface area contributed by atoms with E-state index in [-0.39, 0.29) is 6.10 Å². The number of hydrogen-bond acceptors (Lipinski definition) is 2. The Labute approximate surface area is 72.0 Å². The molecule has 1 heterocycles. The molecule has 0 amide bonds. The summed E-state index contributed by atoms with van der Waals surface area (Å²) in [6.45, 7) is 2.09. The van der Waals surface area contributed by atoms with Crippen LogP contribution in [0.25, 0.3) is 0 Å². The molecule has 1 aromatic rings. The number of imidazole rings is 1. The van der Waals surface area contributed by atoms with Crippen molar-refractivity contribution >= 4 is 0 Å². The fraction of sp³-hybridized carbons (Fsp3) is 0.667. The standard InChI is InChI=1S/C9H14N2O/c1-2-9-10-5-6-11(9)7-3-4-8(7)12/h5-8,12H,2-4H2,1H3/t7-,8-/m1/s1. The smallest absolute Gasteiger partial charge is 0.108 e. The molecule has 1 aliphatic rings. The molecule has 1 aromatic heterocycles. The van der Waals surface area contributed by atoms with Gasteiger partial charge in [0, 0.05) is 18.8 Å². The number of aryl methyl sites for hydroxylation is 1. The van der Waals surface area contributed by atoms with E-state index in [9.17, 15) is 5.11 Å². The van der Waals surface area contributed by atoms with Crippen LogP contribution in [0.5, 0.6) is 0 Å². The third-order valence-electron chi connectivity index (χ3n) is 2.62. The minimum Gasteiger partial charge on any atom is -0.391 e. The highest BCUT2D eigenvalue weighted by Crippen LogP contribution is 2.32. The Bertz CT molecular complexity index is 269. The highest BCUT2D eigenvalue weighted by molar-refractivity contribution is 4.99. The van der Waals surface area contributed by atoms with Gasteiger partial charge in [0.1, 0.15) is 5.82 Å². The first-order chi connectivity index (χ1) is 5.83. The van der Waals surface area contributed by atoms with Crippen molar-refractivity contribution in [3.05, 3.63) is 18.2 Å². The first kappa shape index (κ1) is 7.80. The van der Waals surface area contributed by atoms with Gasteiger partial charge in [0.15, 0.2) is 0 Å². The molecule has 1 fully saturated rings. The molecule has 0 radical (unpaired) electrons. The molecule has 12 heavy (non-hydrogen) atoms. The summed E-state index contributed by atoms with van der Waals surface area (Å²) < 4.78 is 2.11. The number of aliphatic hydroxyl groups excluding tert-OH is 1. The van der Waals surface area contributed by atoms with Gasteiger partial charge in [-0.15, -0.1) is 0 Å². The second-order valence-electron chi connectivity index (χ2n) is 3.32. The van der Waals surface area contributed by atoms with E-state index in [1.807, 2.05) is 12.4 Å². The van der Waals surface area contributed by atoms with Crippen LogP contribution in [0.15, 0.2) is 12.4 Å². The summed E-state index contributed by atoms with van der Waals surface area (Å²) in [5, 5.41) is 9.45. The van der Waals surface area contributed by atoms with Crippen molar-refractivity contribution in [2.24, 2.45) is 0 Å². The highest BCUT2D eigenvalue weighted by Gasteiger charge is 2.30. The molecular weight excluding hydrogens is 152 g/mol. The molecule has 0 bridgehead atoms. The van der Waals surface area contributed by atoms with Gasteiger partial charge < -0.3 is 9.67 Å². The normalized spacial score (nSPS) is 28.5. The van der Waals surface area contributed by atoms with E-state index in [1.165, 1.54) is 0 Å². The average Bonchev–Trinajstić information content (AvgIpc) is 2.50. The van der Waals surface area contributed by atoms with E-state index in [0.29, 0.717) is 6.04 Å². The lowest BCUT2D eigenvalue weighted by Crippen LogP contribution is -2.34. The molecule has 1 saturated carbocycles. The largest absolute Gasteiger partial charge is 0.391 e. The number of aromatic nitrogens is 2. The Hall–Kier alpha value is -0.830. The fourth-order valence-electron chi connectivity index (χ4n) is 1.71. The average molecular weight is 166 g/mol. The molecule has 1 aliphatic carbocycles. The van der Waals surface area contributed by atoms with Gasteiger partial charge in [-0.25, -0.2) is 4.98 Å². The second-order valence-corrected chi connectivity index (χ2v) is 3.32. The maximum absolute atomic E-state index is 9.45. The topological polar surface area (TPSA) is 38.0 Å². The summed E-state index contributed by atoms with van der Waals surface area (Å²) >= 11 is 0. The Morgan fingerprint density at radius 2 is 2.50 bits per heavy atom. The molecule has 0 aliphatic heterocycles. The zero-order valence-electron chi connectivity index (χ0n) is 7.27. The molecule has 3 nitrogen and oxygen atoms in total. The third kappa shape index (κ3) is 1.05. The minimum atomic E-state index is -0.149. The Kier molecular flexibility index (Phi) is 1.89. The summed E-state index contributed by atoms with van der Waals surface area (Å²) in [6.07, 6.45) is 6.59. The van der Waals surface area contributed by atoms with E-state index < -0.39 is 0 Å². The van der Waals surface area contributed by atoms with Crippen molar-refractivity contribution in [1.82, 2.24) is 9.55 Å². The van der Waals surface area contributed by atoms with Gasteiger partial charge in [-0.2, -0.15) is 0 Å². The lowest BCUT2D eigenvalue weighted by atomic mass is 9.89. The highest BCUT2D eigenvalue weighted by atomic mass is 16.3. The Balaban J connectivity index is 2.21. The molecule has 0 saturated heterocycles. The van der Waals surface area contributed by atoms with Crippen molar-refractivity contribution in [2.45, 2.75) is 38.3 Å². The van der Waals surface area contributed by atoms with Crippen LogP contribution in [0.1, 0.15) is 31.6 Å². The number of aliphatic hydroxyl groups is 1. The first-order valence-corrected chi connectivity index (χ1v) is 4.52. The van der Waals surface area contributed by atoms with Crippen LogP contribution in [0.4, 0.5) is 0 Å². The van der Waals surface area contributed by atoms with E-state index in [1.54, 1.807) is 0 Å². The molecule has 0 unspecified atom stereocenters. The van der Waals surface area contributed by atoms with Crippen LogP contribution >= 0.6 is 0 Å². The van der Waals surface area contributed by atoms with Gasteiger partial charge in [-0.05, 0) is 12.8 Å². The van der Waals surface area contributed by atoms with E-state index in [2.05, 4.69) is 16.5 Å². The fourth-order valence-corrected chi connectivity index (χ4v) is 1.71. The number of rotatable bonds is 2. The molecule has 0 aromatic carbocycles. The summed E-state index contributed by atoms with van der Waals surface area (Å²) in [6, 6.07) is 0.294. The van der Waals surface area contributed by atoms with Gasteiger partial charge in [0.25, 0.3) is 0 Å². The molecular formula is C9H14N2O. The lowest BCUT2D eigenvalue weighted by molar-refractivity contribution is 0.0303. The summed E-state index contributed by atoms with van der Waals surface area (Å²) in [5.74, 6) is 1.08. The zero-order valence-corrected chi connectivity index (χ0v) is 7.27. The molecule has 1 N–H and O–H groups in total. The quantitative estimate of drug-likeness (QED) is 0.715. The zero-order chi connectivity index (χ0) is 8.55. The van der Waals surface area contributed by atoms with Gasteiger partial charge in [-0.1, -0.05) is 6.92 Å². The predicted octanol–water partition coefficient (Wildman–Crippen LogP) is 1.14. The van der Waals surface area contributed by atoms with Crippen molar-refractivity contribution in [2.75, 3.05) is 0 Å². The molecule has 2 rings (SSSR count).